The highest BCUT2D eigenvalue weighted by atomic mass is 19.1. The molecule has 5 rings (SSSR count). The van der Waals surface area contributed by atoms with Crippen LogP contribution in [0.15, 0.2) is 36.4 Å². The molecule has 190 valence electrons. The Morgan fingerprint density at radius 2 is 1.86 bits per heavy atom. The third kappa shape index (κ3) is 4.85. The number of nitrogens with one attached hydrogen (secondary N) is 1. The molecule has 2 saturated heterocycles. The van der Waals surface area contributed by atoms with Crippen molar-refractivity contribution in [2.45, 2.75) is 64.5 Å². The van der Waals surface area contributed by atoms with E-state index in [2.05, 4.69) is 0 Å². The summed E-state index contributed by atoms with van der Waals surface area (Å²) in [4.78, 5) is 40.8. The molecule has 8 nitrogen and oxygen atoms in total. The zero-order valence-electron chi connectivity index (χ0n) is 25.8. The Hall–Kier alpha value is -3.30. The molecule has 2 aromatic carbocycles. The number of carbonyl (C=O) groups excluding carboxylic acids is 3. The van der Waals surface area contributed by atoms with Crippen LogP contribution in [0.3, 0.4) is 0 Å². The fourth-order valence-electron chi connectivity index (χ4n) is 4.81. The summed E-state index contributed by atoms with van der Waals surface area (Å²) in [6, 6.07) is 6.52. The van der Waals surface area contributed by atoms with E-state index in [1.54, 1.807) is 11.4 Å². The van der Waals surface area contributed by atoms with Crippen LogP contribution in [0, 0.1) is 5.82 Å². The molecule has 3 atom stereocenters. The molecule has 2 fully saturated rings. The molecule has 0 spiro atoms. The van der Waals surface area contributed by atoms with Gasteiger partial charge in [0, 0.05) is 53.7 Å². The molecule has 3 heterocycles. The van der Waals surface area contributed by atoms with Gasteiger partial charge in [-0.3, -0.25) is 24.6 Å². The number of halogens is 1. The molecule has 3 amide bonds. The third-order valence-corrected chi connectivity index (χ3v) is 6.31. The van der Waals surface area contributed by atoms with E-state index < -0.39 is 55.4 Å². The standard InChI is InChI=1S/C27H30FN3O5/c1-16-11-30(12-17(2)36-16)13-18-5-3-6-19(25(18)28)15-35-23-8-4-7-20-21(23)14-31(27(20)34)22-9-10-24(32)29-26(22)33/h3-8,16-17,22H,9-15H2,1-2H3,(H,29,32,33)/i9D2,10D2,15D2. The van der Waals surface area contributed by atoms with Gasteiger partial charge in [-0.05, 0) is 32.4 Å². The molecule has 0 aromatic heterocycles. The Kier molecular flexibility index (Phi) is 5.00. The largest absolute Gasteiger partial charge is 0.488 e. The van der Waals surface area contributed by atoms with E-state index in [-0.39, 0.29) is 46.8 Å². The Bertz CT molecular complexity index is 1450. The predicted octanol–water partition coefficient (Wildman–Crippen LogP) is 2.77. The lowest BCUT2D eigenvalue weighted by atomic mass is 10.0. The van der Waals surface area contributed by atoms with Crippen LogP contribution in [0.1, 0.15) is 61.9 Å². The van der Waals surface area contributed by atoms with Gasteiger partial charge < -0.3 is 14.4 Å². The highest BCUT2D eigenvalue weighted by Crippen LogP contribution is 2.34. The van der Waals surface area contributed by atoms with E-state index in [1.165, 1.54) is 30.3 Å². The minimum Gasteiger partial charge on any atom is -0.488 e. The summed E-state index contributed by atoms with van der Waals surface area (Å²) in [5, 5.41) is 1.79. The lowest BCUT2D eigenvalue weighted by Gasteiger charge is -2.35. The van der Waals surface area contributed by atoms with E-state index in [0.717, 1.165) is 4.90 Å². The van der Waals surface area contributed by atoms with Gasteiger partial charge in [0.2, 0.25) is 11.8 Å². The van der Waals surface area contributed by atoms with Crippen molar-refractivity contribution in [3.63, 3.8) is 0 Å². The third-order valence-electron chi connectivity index (χ3n) is 6.31. The summed E-state index contributed by atoms with van der Waals surface area (Å²) < 4.78 is 76.7. The minimum absolute atomic E-state index is 0.0193. The zero-order valence-corrected chi connectivity index (χ0v) is 19.8. The van der Waals surface area contributed by atoms with Crippen LogP contribution >= 0.6 is 0 Å². The number of carbonyl (C=O) groups is 3. The van der Waals surface area contributed by atoms with Gasteiger partial charge >= 0.3 is 0 Å². The lowest BCUT2D eigenvalue weighted by molar-refractivity contribution is -0.136. The maximum absolute atomic E-state index is 15.7. The molecular weight excluding hydrogens is 465 g/mol. The van der Waals surface area contributed by atoms with Gasteiger partial charge in [0.15, 0.2) is 0 Å². The molecule has 36 heavy (non-hydrogen) atoms. The van der Waals surface area contributed by atoms with Gasteiger partial charge in [-0.15, -0.1) is 0 Å². The van der Waals surface area contributed by atoms with Gasteiger partial charge in [0.05, 0.1) is 21.5 Å². The second kappa shape index (κ2) is 9.99. The number of rotatable bonds is 6. The van der Waals surface area contributed by atoms with Crippen molar-refractivity contribution in [2.24, 2.45) is 0 Å². The Morgan fingerprint density at radius 1 is 1.14 bits per heavy atom. The predicted molar refractivity (Wildman–Crippen MR) is 129 cm³/mol. The number of hydrogen-bond donors (Lipinski definition) is 1. The number of ether oxygens (including phenoxy) is 2. The second-order valence-corrected chi connectivity index (χ2v) is 9.14. The van der Waals surface area contributed by atoms with Crippen molar-refractivity contribution in [3.8, 4) is 5.75 Å². The summed E-state index contributed by atoms with van der Waals surface area (Å²) >= 11 is 0. The number of morpholine rings is 1. The van der Waals surface area contributed by atoms with Gasteiger partial charge in [0.25, 0.3) is 5.91 Å². The molecule has 3 unspecified atom stereocenters. The molecule has 1 N–H and O–H groups in total. The molecule has 2 aromatic rings. The number of hydrogen-bond acceptors (Lipinski definition) is 6. The fraction of sp³-hybridized carbons (Fsp3) is 0.444. The van der Waals surface area contributed by atoms with Crippen LogP contribution < -0.4 is 10.1 Å². The summed E-state index contributed by atoms with van der Waals surface area (Å²) in [5.41, 5.74) is 0.00699. The van der Waals surface area contributed by atoms with E-state index >= 15 is 4.39 Å². The normalized spacial score (nSPS) is 30.2. The van der Waals surface area contributed by atoms with Gasteiger partial charge in [-0.2, -0.15) is 0 Å². The first kappa shape index (κ1) is 18.0. The van der Waals surface area contributed by atoms with Crippen LogP contribution in [0.25, 0.3) is 0 Å². The van der Waals surface area contributed by atoms with E-state index in [0.29, 0.717) is 13.1 Å². The quantitative estimate of drug-likeness (QED) is 0.613. The van der Waals surface area contributed by atoms with Crippen LogP contribution in [0.4, 0.5) is 4.39 Å². The zero-order chi connectivity index (χ0) is 30.8. The number of nitrogens with zero attached hydrogens (tertiary/aromatic N) is 2. The molecule has 0 aliphatic carbocycles. The summed E-state index contributed by atoms with van der Waals surface area (Å²) in [6.07, 6.45) is -6.26. The molecule has 0 radical (unpaired) electrons. The smallest absolute Gasteiger partial charge is 0.255 e. The van der Waals surface area contributed by atoms with Crippen molar-refractivity contribution in [3.05, 3.63) is 64.5 Å². The van der Waals surface area contributed by atoms with Crippen molar-refractivity contribution in [2.75, 3.05) is 13.1 Å². The average molecular weight is 502 g/mol. The molecule has 0 saturated carbocycles. The Morgan fingerprint density at radius 3 is 2.64 bits per heavy atom. The van der Waals surface area contributed by atoms with Gasteiger partial charge in [-0.25, -0.2) is 4.39 Å². The fourth-order valence-corrected chi connectivity index (χ4v) is 4.81. The number of amides is 3. The van der Waals surface area contributed by atoms with Crippen LogP contribution in [-0.2, 0) is 34.0 Å². The van der Waals surface area contributed by atoms with Gasteiger partial charge in [0.1, 0.15) is 24.2 Å². The summed E-state index contributed by atoms with van der Waals surface area (Å²) in [6.45, 7) is 2.14. The molecule has 3 aliphatic heterocycles. The number of imide groups is 1. The molecule has 3 aliphatic rings. The number of fused-ring (bicyclic) bond motifs is 1. The van der Waals surface area contributed by atoms with Crippen molar-refractivity contribution < 1.29 is 36.5 Å². The summed E-state index contributed by atoms with van der Waals surface area (Å²) in [7, 11) is 0. The van der Waals surface area contributed by atoms with Crippen LogP contribution in [0.5, 0.6) is 5.75 Å². The number of piperidine rings is 1. The second-order valence-electron chi connectivity index (χ2n) is 9.14. The Labute approximate surface area is 217 Å². The summed E-state index contributed by atoms with van der Waals surface area (Å²) in [5.74, 6) is -4.37. The maximum Gasteiger partial charge on any atom is 0.255 e. The first-order chi connectivity index (χ1) is 19.5. The highest BCUT2D eigenvalue weighted by molar-refractivity contribution is 6.05. The highest BCUT2D eigenvalue weighted by Gasteiger charge is 2.40. The molecular formula is C27H30FN3O5. The average Bonchev–Trinajstić information content (AvgIpc) is 3.20. The number of benzene rings is 2. The van der Waals surface area contributed by atoms with E-state index in [4.69, 9.17) is 17.7 Å². The molecule has 0 bridgehead atoms. The Balaban J connectivity index is 1.41. The van der Waals surface area contributed by atoms with Crippen molar-refractivity contribution in [1.82, 2.24) is 15.1 Å². The lowest BCUT2D eigenvalue weighted by Crippen LogP contribution is -2.52. The van der Waals surface area contributed by atoms with E-state index in [9.17, 15) is 14.4 Å². The van der Waals surface area contributed by atoms with Crippen LogP contribution in [-0.4, -0.2) is 58.9 Å². The maximum atomic E-state index is 15.7. The van der Waals surface area contributed by atoms with E-state index in [1.807, 2.05) is 18.7 Å². The SMILES string of the molecule is [2H]C([2H])(Oc1cccc2c1CN(C1C(=O)NC(=O)C([2H])([2H])C1([2H])[2H])C2=O)c1cccc(CN2CC(C)OC(C)C2)c1F. The topological polar surface area (TPSA) is 88.2 Å². The first-order valence-corrected chi connectivity index (χ1v) is 11.7. The van der Waals surface area contributed by atoms with Crippen molar-refractivity contribution in [1.29, 1.82) is 0 Å². The molecule has 9 heteroatoms. The first-order valence-electron chi connectivity index (χ1n) is 14.7. The van der Waals surface area contributed by atoms with Crippen molar-refractivity contribution >= 4 is 17.7 Å². The van der Waals surface area contributed by atoms with Crippen LogP contribution in [0.2, 0.25) is 0 Å². The van der Waals surface area contributed by atoms with Gasteiger partial charge in [-0.1, -0.05) is 24.3 Å². The monoisotopic (exact) mass is 501 g/mol. The minimum atomic E-state index is -3.11.